The molecule has 18 heteroatoms. The Hall–Kier alpha value is -7.70. The van der Waals surface area contributed by atoms with Crippen LogP contribution in [-0.2, 0) is 43.2 Å². The van der Waals surface area contributed by atoms with Crippen molar-refractivity contribution in [2.24, 2.45) is 14.1 Å². The van der Waals surface area contributed by atoms with Crippen LogP contribution in [0.4, 0.5) is 10.1 Å². The van der Waals surface area contributed by atoms with Gasteiger partial charge in [-0.3, -0.25) is 24.1 Å². The second-order valence-electron chi connectivity index (χ2n) is 23.6. The molecule has 0 aliphatic heterocycles. The van der Waals surface area contributed by atoms with Gasteiger partial charge in [0.1, 0.15) is 24.7 Å². The van der Waals surface area contributed by atoms with E-state index in [9.17, 15) is 42.1 Å². The highest BCUT2D eigenvalue weighted by Gasteiger charge is 2.31. The van der Waals surface area contributed by atoms with E-state index in [1.807, 2.05) is 79.8 Å². The largest absolute Gasteiger partial charge is 0.485 e. The quantitative estimate of drug-likeness (QED) is 0.0186. The Morgan fingerprint density at radius 1 is 0.611 bits per heavy atom. The number of Topliss-reactive ketones (excluding diaryl/α,β-unsaturated/α-hetero) is 2. The number of nitro benzene ring substituents is 1. The van der Waals surface area contributed by atoms with E-state index in [0.717, 1.165) is 93.9 Å². The predicted molar refractivity (Wildman–Crippen MR) is 353 cm³/mol. The Balaban J connectivity index is 0.000000256. The molecular weight excluding hydrogens is 1160 g/mol. The Labute approximate surface area is 532 Å². The predicted octanol–water partition coefficient (Wildman–Crippen LogP) is 16.8. The number of aryl methyl sites for hydroxylation is 2. The van der Waals surface area contributed by atoms with Crippen LogP contribution in [0, 0.1) is 10.1 Å². The zero-order valence-corrected chi connectivity index (χ0v) is 54.2. The third-order valence-electron chi connectivity index (χ3n) is 17.6. The number of aromatic nitrogens is 2. The molecular formula is C72H91FN4O12S. The fourth-order valence-corrected chi connectivity index (χ4v) is 14.3. The van der Waals surface area contributed by atoms with Crippen LogP contribution < -0.4 is 9.47 Å². The number of alkyl halides is 1. The summed E-state index contributed by atoms with van der Waals surface area (Å²) in [7, 11) is 3.27. The summed E-state index contributed by atoms with van der Waals surface area (Å²) in [4.78, 5) is 60.5. The summed E-state index contributed by atoms with van der Waals surface area (Å²) in [5.41, 5.74) is 9.18. The second kappa shape index (κ2) is 34.5. The number of ketones is 2. The van der Waals surface area contributed by atoms with E-state index in [1.54, 1.807) is 0 Å². The van der Waals surface area contributed by atoms with Crippen LogP contribution in [0.5, 0.6) is 11.5 Å². The maximum Gasteiger partial charge on any atom is 0.337 e. The van der Waals surface area contributed by atoms with Crippen LogP contribution in [0.3, 0.4) is 0 Å². The van der Waals surface area contributed by atoms with E-state index in [0.29, 0.717) is 60.8 Å². The van der Waals surface area contributed by atoms with E-state index in [-0.39, 0.29) is 48.2 Å². The van der Waals surface area contributed by atoms with Gasteiger partial charge in [0.05, 0.1) is 50.2 Å². The van der Waals surface area contributed by atoms with E-state index in [4.69, 9.17) is 20.3 Å². The topological polar surface area (TPSA) is 196 Å². The second-order valence-corrected chi connectivity index (χ2v) is 25.7. The van der Waals surface area contributed by atoms with Gasteiger partial charge in [-0.05, 0) is 123 Å². The van der Waals surface area contributed by atoms with Crippen molar-refractivity contribution in [3.05, 3.63) is 142 Å². The molecule has 0 bridgehead atoms. The molecule has 2 heterocycles. The Morgan fingerprint density at radius 3 is 1.47 bits per heavy atom. The van der Waals surface area contributed by atoms with Crippen molar-refractivity contribution in [3.63, 3.8) is 0 Å². The van der Waals surface area contributed by atoms with Gasteiger partial charge in [-0.25, -0.2) is 22.3 Å². The molecule has 5 aromatic carbocycles. The van der Waals surface area contributed by atoms with Crippen LogP contribution in [0.25, 0.3) is 44.3 Å². The minimum atomic E-state index is -4.00. The number of esters is 2. The number of rotatable bonds is 29. The van der Waals surface area contributed by atoms with Crippen molar-refractivity contribution in [2.75, 3.05) is 48.2 Å². The summed E-state index contributed by atoms with van der Waals surface area (Å²) in [5, 5.41) is 13.6. The van der Waals surface area contributed by atoms with Gasteiger partial charge in [0, 0.05) is 79.5 Å². The number of halogens is 1. The number of nitro groups is 1. The Bertz CT molecular complexity index is 3700. The summed E-state index contributed by atoms with van der Waals surface area (Å²) >= 11 is 0. The number of fused-ring (bicyclic) bond motifs is 2. The average Bonchev–Trinajstić information content (AvgIpc) is 1.65. The van der Waals surface area contributed by atoms with Crippen molar-refractivity contribution in [2.45, 2.75) is 165 Å². The molecule has 90 heavy (non-hydrogen) atoms. The van der Waals surface area contributed by atoms with Gasteiger partial charge in [0.25, 0.3) is 5.69 Å². The zero-order chi connectivity index (χ0) is 65.5. The average molecular weight is 1260 g/mol. The number of ether oxygens (including phenoxy) is 4. The molecule has 9 rings (SSSR count). The van der Waals surface area contributed by atoms with Crippen molar-refractivity contribution >= 4 is 61.0 Å². The molecule has 7 aromatic rings. The van der Waals surface area contributed by atoms with Gasteiger partial charge < -0.3 is 28.1 Å². The van der Waals surface area contributed by atoms with Crippen LogP contribution >= 0.6 is 0 Å². The first-order chi connectivity index (χ1) is 44.0. The standard InChI is InChI=1S/C38H45N3O8S.C33H43NO4.CH3F/c1-39(50(46,47)35-21-13-11-19-32(35)41(44)45)24-14-5-4-9-17-29(42)26-49-34-20-12-10-18-31(34)37-36(27-15-7-6-8-16-27)30-23-22-28(38(43)48-3)25-33(30)40(37)2;1-4-5-6-7-8-12-17-26(35)23-38-30-19-14-13-18-28(30)32-31(24-15-10-9-11-16-24)27-21-20-25(33(36)37-3)22-29(27)34(32)2;1-2/h10-13,18-23,25,27H,4-9,14-17,24,26H2,1-3H3;13-14,18-22,24H,4-12,15-17,23H2,1-3H3;1H3/i;;1D. The minimum Gasteiger partial charge on any atom is -0.485 e. The van der Waals surface area contributed by atoms with Gasteiger partial charge in [0.15, 0.2) is 16.5 Å². The molecule has 2 saturated carbocycles. The van der Waals surface area contributed by atoms with E-state index >= 15 is 0 Å². The molecule has 0 atom stereocenters. The number of hydrogen-bond acceptors (Lipinski definition) is 12. The maximum atomic E-state index is 12.9. The highest BCUT2D eigenvalue weighted by atomic mass is 32.2. The van der Waals surface area contributed by atoms with E-state index in [2.05, 4.69) is 35.2 Å². The zero-order valence-electron chi connectivity index (χ0n) is 54.4. The third kappa shape index (κ3) is 17.4. The number of hydrogen-bond donors (Lipinski definition) is 0. The molecule has 0 amide bonds. The van der Waals surface area contributed by atoms with Crippen molar-refractivity contribution in [1.82, 2.24) is 13.4 Å². The molecule has 2 fully saturated rings. The molecule has 0 spiro atoms. The first-order valence-electron chi connectivity index (χ1n) is 32.7. The monoisotopic (exact) mass is 1260 g/mol. The summed E-state index contributed by atoms with van der Waals surface area (Å²) in [6, 6.07) is 32.8. The van der Waals surface area contributed by atoms with Crippen LogP contribution in [0.2, 0.25) is 0 Å². The third-order valence-corrected chi connectivity index (χ3v) is 19.6. The fourth-order valence-electron chi connectivity index (χ4n) is 12.9. The molecule has 16 nitrogen and oxygen atoms in total. The Morgan fingerprint density at radius 2 is 1.02 bits per heavy atom. The van der Waals surface area contributed by atoms with Gasteiger partial charge >= 0.3 is 11.9 Å². The van der Waals surface area contributed by atoms with E-state index < -0.39 is 27.8 Å². The lowest BCUT2D eigenvalue weighted by Gasteiger charge is -2.24. The first-order valence-corrected chi connectivity index (χ1v) is 33.4. The number of carbonyl (C=O) groups is 4. The number of methoxy groups -OCH3 is 2. The number of nitrogens with zero attached hydrogens (tertiary/aromatic N) is 4. The van der Waals surface area contributed by atoms with Gasteiger partial charge in [-0.15, -0.1) is 0 Å². The van der Waals surface area contributed by atoms with Crippen LogP contribution in [0.15, 0.2) is 114 Å². The van der Waals surface area contributed by atoms with Crippen LogP contribution in [0.1, 0.15) is 193 Å². The maximum absolute atomic E-state index is 12.9. The van der Waals surface area contributed by atoms with E-state index in [1.165, 1.54) is 126 Å². The summed E-state index contributed by atoms with van der Waals surface area (Å²) in [6.45, 7) is 2.46. The Kier molecular flexibility index (Phi) is 26.1. The van der Waals surface area contributed by atoms with Crippen LogP contribution in [-0.4, -0.2) is 98.5 Å². The number of carbonyl (C=O) groups excluding carboxylic acids is 4. The molecule has 2 aliphatic carbocycles. The lowest BCUT2D eigenvalue weighted by Crippen LogP contribution is -2.28. The number of para-hydroxylation sites is 3. The molecule has 0 unspecified atom stereocenters. The number of unbranched alkanes of at least 4 members (excludes halogenated alkanes) is 8. The summed E-state index contributed by atoms with van der Waals surface area (Å²) in [6.07, 6.45) is 22.4. The SMILES string of the molecule is CCCCCCCCC(=O)COc1ccccc1-c1c(C2CCCCC2)c2ccc(C(=O)OC)cc2n1C.COC(=O)c1ccc2c(C3CCCCC3)c(-c3ccccc3OCC(=O)CCCCCCN(C)S(=O)(=O)c3ccccc3[N+](=O)[O-])n(C)c2c1.[2H]CF. The summed E-state index contributed by atoms with van der Waals surface area (Å²) < 4.78 is 69.1. The normalized spacial score (nSPS) is 13.8. The molecule has 0 saturated heterocycles. The number of benzene rings is 5. The lowest BCUT2D eigenvalue weighted by molar-refractivity contribution is -0.387. The highest BCUT2D eigenvalue weighted by Crippen LogP contribution is 2.48. The first kappa shape index (κ1) is 68.2. The molecule has 0 radical (unpaired) electrons. The van der Waals surface area contributed by atoms with Crippen molar-refractivity contribution in [3.8, 4) is 34.0 Å². The lowest BCUT2D eigenvalue weighted by atomic mass is 9.81. The van der Waals surface area contributed by atoms with Gasteiger partial charge in [-0.1, -0.05) is 139 Å². The van der Waals surface area contributed by atoms with Gasteiger partial charge in [0.2, 0.25) is 10.0 Å². The minimum absolute atomic E-state index is 0.0249. The van der Waals surface area contributed by atoms with Gasteiger partial charge in [-0.2, -0.15) is 0 Å². The fraction of sp³-hybridized carbons (Fsp3) is 0.472. The molecule has 484 valence electrons. The smallest absolute Gasteiger partial charge is 0.337 e. The molecule has 2 aliphatic rings. The van der Waals surface area contributed by atoms with Crippen molar-refractivity contribution < 1.29 is 57.2 Å². The highest BCUT2D eigenvalue weighted by molar-refractivity contribution is 7.89. The summed E-state index contributed by atoms with van der Waals surface area (Å²) in [5.74, 6) is 1.60. The molecule has 2 aromatic heterocycles. The molecule has 0 N–H and O–H groups in total. The number of sulfonamides is 1. The van der Waals surface area contributed by atoms with Crippen molar-refractivity contribution in [1.29, 1.82) is 0 Å².